The number of amides is 1. The number of aliphatic carboxylic acids is 1. The lowest BCUT2D eigenvalue weighted by Crippen LogP contribution is -2.67. The molecule has 13 nitrogen and oxygen atoms in total. The average molecular weight is 519 g/mol. The number of ether oxygens (including phenoxy) is 2. The van der Waals surface area contributed by atoms with E-state index in [9.17, 15) is 50.4 Å². The maximum Gasteiger partial charge on any atom is 0.355 e. The van der Waals surface area contributed by atoms with Crippen LogP contribution in [0.3, 0.4) is 0 Å². The Morgan fingerprint density at radius 2 is 1.78 bits per heavy atom. The SMILES string of the molecule is O=C(O)[C@H]1Cc2cc(O)c(O[C@]3(O)O[C@H](CO)[C@@H](O)[C@H](O)[C@H]3O)cc2N1C(=O)/C=C/c1ccc(O)cc1. The zero-order chi connectivity index (χ0) is 27.1. The Morgan fingerprint density at radius 3 is 2.41 bits per heavy atom. The summed E-state index contributed by atoms with van der Waals surface area (Å²) < 4.78 is 10.3. The highest BCUT2D eigenvalue weighted by Crippen LogP contribution is 2.43. The minimum atomic E-state index is -3.03. The number of fused-ring (bicyclic) bond motifs is 1. The third-order valence-electron chi connectivity index (χ3n) is 6.16. The molecule has 2 aromatic rings. The van der Waals surface area contributed by atoms with Crippen LogP contribution in [0.15, 0.2) is 42.5 Å². The number of aromatic hydroxyl groups is 2. The number of hydrogen-bond acceptors (Lipinski definition) is 11. The van der Waals surface area contributed by atoms with E-state index in [1.54, 1.807) is 0 Å². The molecule has 198 valence electrons. The van der Waals surface area contributed by atoms with Gasteiger partial charge in [-0.25, -0.2) is 4.79 Å². The lowest BCUT2D eigenvalue weighted by atomic mass is 9.98. The number of hydrogen-bond donors (Lipinski definition) is 8. The zero-order valence-electron chi connectivity index (χ0n) is 19.1. The first kappa shape index (κ1) is 26.3. The Labute approximate surface area is 209 Å². The van der Waals surface area contributed by atoms with Crippen molar-refractivity contribution in [3.63, 3.8) is 0 Å². The second-order valence-electron chi connectivity index (χ2n) is 8.64. The van der Waals surface area contributed by atoms with Crippen LogP contribution < -0.4 is 9.64 Å². The molecule has 2 heterocycles. The van der Waals surface area contributed by atoms with E-state index < -0.39 is 66.4 Å². The molecule has 1 saturated heterocycles. The molecule has 2 aliphatic rings. The number of aliphatic hydroxyl groups is 5. The molecule has 13 heteroatoms. The number of anilines is 1. The van der Waals surface area contributed by atoms with Crippen LogP contribution in [-0.4, -0.2) is 95.8 Å². The molecule has 1 amide bonds. The number of carbonyl (C=O) groups excluding carboxylic acids is 1. The first-order valence-corrected chi connectivity index (χ1v) is 11.1. The maximum absolute atomic E-state index is 13.0. The van der Waals surface area contributed by atoms with Gasteiger partial charge in [0, 0.05) is 18.6 Å². The van der Waals surface area contributed by atoms with Gasteiger partial charge in [-0.3, -0.25) is 9.69 Å². The predicted octanol–water partition coefficient (Wildman–Crippen LogP) is -1.35. The minimum absolute atomic E-state index is 0.0220. The maximum atomic E-state index is 13.0. The second kappa shape index (κ2) is 9.97. The van der Waals surface area contributed by atoms with Crippen LogP contribution in [0.5, 0.6) is 17.2 Å². The molecule has 0 bridgehead atoms. The van der Waals surface area contributed by atoms with Gasteiger partial charge in [-0.1, -0.05) is 12.1 Å². The van der Waals surface area contributed by atoms with Crippen molar-refractivity contribution >= 4 is 23.6 Å². The number of nitrogens with zero attached hydrogens (tertiary/aromatic N) is 1. The molecule has 37 heavy (non-hydrogen) atoms. The van der Waals surface area contributed by atoms with Crippen LogP contribution in [0, 0.1) is 0 Å². The minimum Gasteiger partial charge on any atom is -0.508 e. The fourth-order valence-corrected chi connectivity index (χ4v) is 4.21. The third-order valence-corrected chi connectivity index (χ3v) is 6.16. The first-order chi connectivity index (χ1) is 17.4. The summed E-state index contributed by atoms with van der Waals surface area (Å²) in [6.07, 6.45) is -5.18. The average Bonchev–Trinajstić information content (AvgIpc) is 3.23. The molecule has 2 aliphatic heterocycles. The van der Waals surface area contributed by atoms with Gasteiger partial charge in [-0.15, -0.1) is 0 Å². The molecule has 0 unspecified atom stereocenters. The molecule has 4 rings (SSSR count). The van der Waals surface area contributed by atoms with Crippen LogP contribution in [0.25, 0.3) is 6.08 Å². The molecular weight excluding hydrogens is 494 g/mol. The van der Waals surface area contributed by atoms with Crippen LogP contribution in [0.1, 0.15) is 11.1 Å². The summed E-state index contributed by atoms with van der Waals surface area (Å²) >= 11 is 0. The summed E-state index contributed by atoms with van der Waals surface area (Å²) in [4.78, 5) is 25.9. The van der Waals surface area contributed by atoms with Crippen molar-refractivity contribution in [2.45, 2.75) is 42.9 Å². The van der Waals surface area contributed by atoms with Gasteiger partial charge < -0.3 is 50.3 Å². The van der Waals surface area contributed by atoms with E-state index in [2.05, 4.69) is 0 Å². The van der Waals surface area contributed by atoms with Crippen LogP contribution in [-0.2, 0) is 20.7 Å². The van der Waals surface area contributed by atoms with Crippen LogP contribution >= 0.6 is 0 Å². The van der Waals surface area contributed by atoms with E-state index >= 15 is 0 Å². The molecule has 0 saturated carbocycles. The van der Waals surface area contributed by atoms with Crippen molar-refractivity contribution in [2.24, 2.45) is 0 Å². The van der Waals surface area contributed by atoms with Gasteiger partial charge in [-0.2, -0.15) is 0 Å². The van der Waals surface area contributed by atoms with Gasteiger partial charge in [-0.05, 0) is 35.4 Å². The zero-order valence-corrected chi connectivity index (χ0v) is 19.1. The van der Waals surface area contributed by atoms with Gasteiger partial charge >= 0.3 is 11.9 Å². The standard InChI is InChI=1S/C24H25NO12/c26-10-18-20(30)21(31)22(32)24(35,37-18)36-17-9-14-12(8-16(17)28)7-15(23(33)34)25(14)19(29)6-3-11-1-4-13(27)5-2-11/h1-6,8-9,15,18,20-22,26-28,30-32,35H,7,10H2,(H,33,34)/b6-3+/t15-,18-,20-,21+,22-,24+/m1/s1. The van der Waals surface area contributed by atoms with Gasteiger partial charge in [0.2, 0.25) is 0 Å². The number of phenols is 2. The highest BCUT2D eigenvalue weighted by Gasteiger charge is 2.55. The Kier molecular flexibility index (Phi) is 7.10. The third kappa shape index (κ3) is 4.96. The number of aliphatic hydroxyl groups excluding tert-OH is 4. The number of rotatable bonds is 6. The van der Waals surface area contributed by atoms with Crippen LogP contribution in [0.2, 0.25) is 0 Å². The summed E-state index contributed by atoms with van der Waals surface area (Å²) in [5, 5.41) is 79.8. The smallest absolute Gasteiger partial charge is 0.355 e. The van der Waals surface area contributed by atoms with Crippen molar-refractivity contribution in [1.82, 2.24) is 0 Å². The molecule has 8 N–H and O–H groups in total. The van der Waals surface area contributed by atoms with Crippen molar-refractivity contribution in [3.05, 3.63) is 53.6 Å². The molecule has 0 spiro atoms. The topological polar surface area (TPSA) is 218 Å². The van der Waals surface area contributed by atoms with E-state index in [1.165, 1.54) is 30.3 Å². The fourth-order valence-electron chi connectivity index (χ4n) is 4.21. The highest BCUT2D eigenvalue weighted by molar-refractivity contribution is 6.09. The molecule has 0 aliphatic carbocycles. The van der Waals surface area contributed by atoms with Crippen molar-refractivity contribution in [3.8, 4) is 17.2 Å². The van der Waals surface area contributed by atoms with E-state index in [4.69, 9.17) is 9.47 Å². The Morgan fingerprint density at radius 1 is 1.11 bits per heavy atom. The summed E-state index contributed by atoms with van der Waals surface area (Å²) in [6.45, 7) is -0.858. The largest absolute Gasteiger partial charge is 0.508 e. The number of carboxylic acid groups (broad SMARTS) is 1. The van der Waals surface area contributed by atoms with Crippen molar-refractivity contribution in [2.75, 3.05) is 11.5 Å². The fraction of sp³-hybridized carbons (Fsp3) is 0.333. The summed E-state index contributed by atoms with van der Waals surface area (Å²) in [6, 6.07) is 6.73. The van der Waals surface area contributed by atoms with E-state index in [1.807, 2.05) is 0 Å². The Bertz CT molecular complexity index is 1210. The van der Waals surface area contributed by atoms with Gasteiger partial charge in [0.15, 0.2) is 17.6 Å². The molecule has 0 aromatic heterocycles. The molecule has 2 aromatic carbocycles. The Balaban J connectivity index is 1.66. The second-order valence-corrected chi connectivity index (χ2v) is 8.64. The highest BCUT2D eigenvalue weighted by atomic mass is 16.8. The molecule has 1 fully saturated rings. The summed E-state index contributed by atoms with van der Waals surface area (Å²) in [5.41, 5.74) is 0.843. The summed E-state index contributed by atoms with van der Waals surface area (Å²) in [7, 11) is 0. The molecular formula is C24H25NO12. The Hall–Kier alpha value is -3.72. The van der Waals surface area contributed by atoms with Crippen molar-refractivity contribution in [1.29, 1.82) is 0 Å². The molecule has 0 radical (unpaired) electrons. The molecule has 6 atom stereocenters. The lowest BCUT2D eigenvalue weighted by molar-refractivity contribution is -0.422. The van der Waals surface area contributed by atoms with Gasteiger partial charge in [0.05, 0.1) is 12.3 Å². The summed E-state index contributed by atoms with van der Waals surface area (Å²) in [5.74, 6) is -6.22. The van der Waals surface area contributed by atoms with E-state index in [0.717, 1.165) is 23.1 Å². The van der Waals surface area contributed by atoms with E-state index in [-0.39, 0.29) is 23.4 Å². The number of carboxylic acids is 1. The normalized spacial score (nSPS) is 29.3. The number of benzene rings is 2. The lowest BCUT2D eigenvalue weighted by Gasteiger charge is -2.44. The first-order valence-electron chi connectivity index (χ1n) is 11.1. The predicted molar refractivity (Wildman–Crippen MR) is 123 cm³/mol. The monoisotopic (exact) mass is 519 g/mol. The van der Waals surface area contributed by atoms with Crippen LogP contribution in [0.4, 0.5) is 5.69 Å². The van der Waals surface area contributed by atoms with E-state index in [0.29, 0.717) is 5.56 Å². The quantitative estimate of drug-likeness (QED) is 0.164. The number of phenolic OH excluding ortho intramolecular Hbond substituents is 2. The number of carbonyl (C=O) groups is 2. The van der Waals surface area contributed by atoms with Gasteiger partial charge in [0.25, 0.3) is 5.91 Å². The van der Waals surface area contributed by atoms with Gasteiger partial charge in [0.1, 0.15) is 30.1 Å². The van der Waals surface area contributed by atoms with Crippen molar-refractivity contribution < 1.29 is 59.9 Å².